The van der Waals surface area contributed by atoms with Crippen molar-refractivity contribution in [3.63, 3.8) is 0 Å². The van der Waals surface area contributed by atoms with Crippen LogP contribution in [-0.2, 0) is 9.59 Å². The number of benzene rings is 2. The SMILES string of the molecule is CC1=C(C(=O)Nc2ccccc2F)C(c2ccc(Cl)cc2Cl)C2=C(CCCC2=O)N1. The van der Waals surface area contributed by atoms with Crippen molar-refractivity contribution in [1.82, 2.24) is 5.32 Å². The Kier molecular flexibility index (Phi) is 5.67. The Labute approximate surface area is 183 Å². The van der Waals surface area contributed by atoms with Gasteiger partial charge in [-0.2, -0.15) is 0 Å². The van der Waals surface area contributed by atoms with Gasteiger partial charge >= 0.3 is 0 Å². The summed E-state index contributed by atoms with van der Waals surface area (Å²) in [6.45, 7) is 1.77. The number of carbonyl (C=O) groups excluding carboxylic acids is 2. The van der Waals surface area contributed by atoms with Crippen molar-refractivity contribution in [3.8, 4) is 0 Å². The second-order valence-electron chi connectivity index (χ2n) is 7.37. The third-order valence-electron chi connectivity index (χ3n) is 5.42. The maximum absolute atomic E-state index is 14.1. The summed E-state index contributed by atoms with van der Waals surface area (Å²) in [6.07, 6.45) is 1.86. The van der Waals surface area contributed by atoms with Crippen molar-refractivity contribution < 1.29 is 14.0 Å². The summed E-state index contributed by atoms with van der Waals surface area (Å²) in [5.41, 5.74) is 2.96. The molecule has 2 aliphatic rings. The number of amides is 1. The second-order valence-corrected chi connectivity index (χ2v) is 8.21. The highest BCUT2D eigenvalue weighted by Gasteiger charge is 2.39. The third kappa shape index (κ3) is 3.75. The molecule has 1 unspecified atom stereocenters. The number of nitrogens with one attached hydrogen (secondary N) is 2. The van der Waals surface area contributed by atoms with E-state index >= 15 is 0 Å². The standard InChI is InChI=1S/C23H19Cl2FN2O2/c1-12-20(23(30)28-17-6-3-2-5-16(17)26)21(14-10-9-13(24)11-15(14)25)22-18(27-12)7-4-8-19(22)29/h2-3,5-6,9-11,21,27H,4,7-8H2,1H3,(H,28,30). The van der Waals surface area contributed by atoms with Crippen LogP contribution in [0.2, 0.25) is 10.0 Å². The maximum atomic E-state index is 14.1. The predicted molar refractivity (Wildman–Crippen MR) is 116 cm³/mol. The summed E-state index contributed by atoms with van der Waals surface area (Å²) in [5.74, 6) is -1.72. The Morgan fingerprint density at radius 3 is 2.67 bits per heavy atom. The first-order valence-corrected chi connectivity index (χ1v) is 10.4. The molecule has 2 N–H and O–H groups in total. The Morgan fingerprint density at radius 2 is 1.93 bits per heavy atom. The molecule has 1 atom stereocenters. The number of hydrogen-bond acceptors (Lipinski definition) is 3. The molecule has 7 heteroatoms. The fourth-order valence-corrected chi connectivity index (χ4v) is 4.60. The van der Waals surface area contributed by atoms with Crippen LogP contribution in [0.15, 0.2) is 65.0 Å². The normalized spacial score (nSPS) is 18.8. The van der Waals surface area contributed by atoms with Gasteiger partial charge in [0.05, 0.1) is 5.69 Å². The van der Waals surface area contributed by atoms with Gasteiger partial charge in [0, 0.05) is 44.9 Å². The molecule has 4 rings (SSSR count). The summed E-state index contributed by atoms with van der Waals surface area (Å²) < 4.78 is 14.1. The van der Waals surface area contributed by atoms with Crippen molar-refractivity contribution in [3.05, 3.63) is 86.4 Å². The van der Waals surface area contributed by atoms with Crippen LogP contribution in [0.25, 0.3) is 0 Å². The lowest BCUT2D eigenvalue weighted by molar-refractivity contribution is -0.116. The molecule has 2 aromatic carbocycles. The van der Waals surface area contributed by atoms with Gasteiger partial charge in [-0.1, -0.05) is 41.4 Å². The van der Waals surface area contributed by atoms with Crippen LogP contribution < -0.4 is 10.6 Å². The summed E-state index contributed by atoms with van der Waals surface area (Å²) in [4.78, 5) is 26.2. The van der Waals surface area contributed by atoms with Crippen LogP contribution in [0.4, 0.5) is 10.1 Å². The number of anilines is 1. The second kappa shape index (κ2) is 8.25. The summed E-state index contributed by atoms with van der Waals surface area (Å²) >= 11 is 12.6. The van der Waals surface area contributed by atoms with Gasteiger partial charge in [-0.25, -0.2) is 4.39 Å². The molecule has 1 aliphatic heterocycles. The largest absolute Gasteiger partial charge is 0.362 e. The number of Topliss-reactive ketones (excluding diaryl/α,β-unsaturated/α-hetero) is 1. The average Bonchev–Trinajstić information content (AvgIpc) is 2.69. The van der Waals surface area contributed by atoms with Crippen molar-refractivity contribution in [2.24, 2.45) is 0 Å². The number of hydrogen-bond donors (Lipinski definition) is 2. The van der Waals surface area contributed by atoms with Crippen molar-refractivity contribution >= 4 is 40.6 Å². The number of halogens is 3. The topological polar surface area (TPSA) is 58.2 Å². The lowest BCUT2D eigenvalue weighted by atomic mass is 9.75. The molecule has 1 amide bonds. The van der Waals surface area contributed by atoms with E-state index in [1.165, 1.54) is 12.1 Å². The summed E-state index contributed by atoms with van der Waals surface area (Å²) in [5, 5.41) is 6.68. The predicted octanol–water partition coefficient (Wildman–Crippen LogP) is 5.74. The van der Waals surface area contributed by atoms with Crippen molar-refractivity contribution in [1.29, 1.82) is 0 Å². The minimum absolute atomic E-state index is 0.0246. The molecule has 0 saturated carbocycles. The molecule has 30 heavy (non-hydrogen) atoms. The molecule has 1 aliphatic carbocycles. The van der Waals surface area contributed by atoms with E-state index in [1.807, 2.05) is 0 Å². The van der Waals surface area contributed by atoms with E-state index in [0.717, 1.165) is 12.1 Å². The molecule has 0 spiro atoms. The highest BCUT2D eigenvalue weighted by atomic mass is 35.5. The van der Waals surface area contributed by atoms with E-state index < -0.39 is 17.6 Å². The minimum Gasteiger partial charge on any atom is -0.362 e. The number of para-hydroxylation sites is 1. The first-order chi connectivity index (χ1) is 14.4. The minimum atomic E-state index is -0.661. The zero-order valence-electron chi connectivity index (χ0n) is 16.2. The summed E-state index contributed by atoms with van der Waals surface area (Å²) in [7, 11) is 0. The molecule has 0 bridgehead atoms. The zero-order valence-corrected chi connectivity index (χ0v) is 17.7. The molecule has 2 aromatic rings. The van der Waals surface area contributed by atoms with Crippen molar-refractivity contribution in [2.45, 2.75) is 32.1 Å². The van der Waals surface area contributed by atoms with Gasteiger partial charge in [0.25, 0.3) is 5.91 Å². The molecular formula is C23H19Cl2FN2O2. The highest BCUT2D eigenvalue weighted by Crippen LogP contribution is 2.44. The molecular weight excluding hydrogens is 426 g/mol. The number of dihydropyridines is 1. The monoisotopic (exact) mass is 444 g/mol. The Morgan fingerprint density at radius 1 is 1.17 bits per heavy atom. The Balaban J connectivity index is 1.83. The third-order valence-corrected chi connectivity index (χ3v) is 5.98. The van der Waals surface area contributed by atoms with Crippen LogP contribution in [-0.4, -0.2) is 11.7 Å². The fourth-order valence-electron chi connectivity index (χ4n) is 4.08. The van der Waals surface area contributed by atoms with E-state index in [2.05, 4.69) is 10.6 Å². The fraction of sp³-hybridized carbons (Fsp3) is 0.217. The van der Waals surface area contributed by atoms with Gasteiger partial charge < -0.3 is 10.6 Å². The number of ketones is 1. The molecule has 4 nitrogen and oxygen atoms in total. The van der Waals surface area contributed by atoms with Gasteiger partial charge in [-0.05, 0) is 49.6 Å². The molecule has 154 valence electrons. The number of allylic oxidation sites excluding steroid dienone is 3. The van der Waals surface area contributed by atoms with Crippen LogP contribution in [0.5, 0.6) is 0 Å². The molecule has 0 radical (unpaired) electrons. The quantitative estimate of drug-likeness (QED) is 0.634. The van der Waals surface area contributed by atoms with E-state index in [4.69, 9.17) is 23.2 Å². The van der Waals surface area contributed by atoms with E-state index in [1.54, 1.807) is 37.3 Å². The molecule has 1 heterocycles. The van der Waals surface area contributed by atoms with Crippen LogP contribution in [0, 0.1) is 5.82 Å². The molecule has 0 fully saturated rings. The van der Waals surface area contributed by atoms with Crippen LogP contribution >= 0.6 is 23.2 Å². The van der Waals surface area contributed by atoms with Gasteiger partial charge in [0.2, 0.25) is 0 Å². The first-order valence-electron chi connectivity index (χ1n) is 9.61. The lowest BCUT2D eigenvalue weighted by Gasteiger charge is -2.35. The van der Waals surface area contributed by atoms with E-state index in [0.29, 0.717) is 45.3 Å². The van der Waals surface area contributed by atoms with E-state index in [-0.39, 0.29) is 11.5 Å². The smallest absolute Gasteiger partial charge is 0.254 e. The van der Waals surface area contributed by atoms with Crippen LogP contribution in [0.3, 0.4) is 0 Å². The van der Waals surface area contributed by atoms with E-state index in [9.17, 15) is 14.0 Å². The Bertz CT molecular complexity index is 1120. The lowest BCUT2D eigenvalue weighted by Crippen LogP contribution is -2.35. The van der Waals surface area contributed by atoms with Gasteiger partial charge in [0.15, 0.2) is 5.78 Å². The van der Waals surface area contributed by atoms with Gasteiger partial charge in [-0.3, -0.25) is 9.59 Å². The number of carbonyl (C=O) groups is 2. The summed E-state index contributed by atoms with van der Waals surface area (Å²) in [6, 6.07) is 10.9. The number of rotatable bonds is 3. The molecule has 0 aromatic heterocycles. The maximum Gasteiger partial charge on any atom is 0.254 e. The Hall–Kier alpha value is -2.63. The average molecular weight is 445 g/mol. The molecule has 0 saturated heterocycles. The zero-order chi connectivity index (χ0) is 21.4. The van der Waals surface area contributed by atoms with Gasteiger partial charge in [0.1, 0.15) is 5.82 Å². The van der Waals surface area contributed by atoms with Crippen LogP contribution in [0.1, 0.15) is 37.7 Å². The highest BCUT2D eigenvalue weighted by molar-refractivity contribution is 6.35. The van der Waals surface area contributed by atoms with Crippen molar-refractivity contribution in [2.75, 3.05) is 5.32 Å². The first kappa shape index (κ1) is 20.6. The van der Waals surface area contributed by atoms with Gasteiger partial charge in [-0.15, -0.1) is 0 Å².